The number of rotatable bonds is 7. The number of anilines is 1. The van der Waals surface area contributed by atoms with E-state index in [1.165, 1.54) is 0 Å². The molecule has 33 heavy (non-hydrogen) atoms. The molecule has 2 aromatic rings. The van der Waals surface area contributed by atoms with Crippen molar-refractivity contribution in [3.8, 4) is 17.2 Å². The van der Waals surface area contributed by atoms with Gasteiger partial charge >= 0.3 is 12.0 Å². The number of urea groups is 1. The lowest BCUT2D eigenvalue weighted by Crippen LogP contribution is -2.46. The van der Waals surface area contributed by atoms with Gasteiger partial charge < -0.3 is 34.9 Å². The Morgan fingerprint density at radius 1 is 1.00 bits per heavy atom. The first-order chi connectivity index (χ1) is 16.0. The summed E-state index contributed by atoms with van der Waals surface area (Å²) in [6.07, 6.45) is 0.340. The summed E-state index contributed by atoms with van der Waals surface area (Å²) in [5.74, 6) is 0.760. The number of ether oxygens (including phenoxy) is 3. The zero-order chi connectivity index (χ0) is 23.0. The number of hydrogen-bond acceptors (Lipinski definition) is 6. The number of hydrogen-bond donors (Lipinski definition) is 3. The van der Waals surface area contributed by atoms with E-state index in [0.29, 0.717) is 23.7 Å². The van der Waals surface area contributed by atoms with Gasteiger partial charge in [-0.2, -0.15) is 0 Å². The highest BCUT2D eigenvalue weighted by Crippen LogP contribution is 2.54. The monoisotopic (exact) mass is 453 g/mol. The second kappa shape index (κ2) is 8.19. The Bertz CT molecular complexity index is 1140. The number of carboxylic acids is 1. The fraction of sp³-hybridized carbons (Fsp3) is 0.348. The van der Waals surface area contributed by atoms with Crippen LogP contribution in [0.2, 0.25) is 0 Å². The molecule has 0 saturated heterocycles. The average Bonchev–Trinajstić information content (AvgIpc) is 3.47. The van der Waals surface area contributed by atoms with Crippen LogP contribution in [-0.2, 0) is 15.0 Å². The molecule has 3 N–H and O–H groups in total. The maximum atomic E-state index is 13.8. The number of amides is 3. The number of fused-ring (bicyclic) bond motifs is 5. The molecule has 3 aliphatic heterocycles. The number of aliphatic carboxylic acids is 1. The molecule has 172 valence electrons. The Morgan fingerprint density at radius 2 is 1.76 bits per heavy atom. The first kappa shape index (κ1) is 20.9. The van der Waals surface area contributed by atoms with Gasteiger partial charge in [0.1, 0.15) is 17.8 Å². The van der Waals surface area contributed by atoms with Gasteiger partial charge in [0, 0.05) is 43.4 Å². The molecule has 0 fully saturated rings. The number of carboxylic acid groups (broad SMARTS) is 1. The lowest BCUT2D eigenvalue weighted by atomic mass is 9.77. The minimum atomic E-state index is -0.980. The van der Waals surface area contributed by atoms with E-state index in [9.17, 15) is 14.4 Å². The van der Waals surface area contributed by atoms with Gasteiger partial charge in [0.15, 0.2) is 11.5 Å². The van der Waals surface area contributed by atoms with Crippen molar-refractivity contribution in [2.45, 2.75) is 18.3 Å². The summed E-state index contributed by atoms with van der Waals surface area (Å²) < 4.78 is 16.9. The van der Waals surface area contributed by atoms with E-state index in [-0.39, 0.29) is 45.4 Å². The van der Waals surface area contributed by atoms with E-state index < -0.39 is 17.4 Å². The van der Waals surface area contributed by atoms with Crippen LogP contribution < -0.4 is 29.7 Å². The molecule has 5 rings (SSSR count). The zero-order valence-corrected chi connectivity index (χ0v) is 17.8. The van der Waals surface area contributed by atoms with E-state index in [4.69, 9.17) is 19.3 Å². The molecule has 0 saturated carbocycles. The molecule has 1 spiro atoms. The second-order valence-electron chi connectivity index (χ2n) is 8.05. The third kappa shape index (κ3) is 3.47. The Labute approximate surface area is 189 Å². The Morgan fingerprint density at radius 3 is 2.58 bits per heavy atom. The van der Waals surface area contributed by atoms with Gasteiger partial charge in [0.2, 0.25) is 12.7 Å². The highest BCUT2D eigenvalue weighted by Gasteiger charge is 2.57. The molecule has 0 bridgehead atoms. The number of nitrogens with zero attached hydrogens (tertiary/aromatic N) is 1. The van der Waals surface area contributed by atoms with Crippen molar-refractivity contribution in [3.63, 3.8) is 0 Å². The SMILES string of the molecule is O=C(O)CCCNC(=O)NCCN1C(=O)C2(COc3cc4c(cc32)OCO4)c2ccccc21. The Kier molecular flexibility index (Phi) is 5.20. The Hall–Kier alpha value is -3.95. The molecule has 0 aliphatic carbocycles. The standard InChI is InChI=1S/C23H23N3O7/c27-20(28)6-3-7-24-22(30)25-8-9-26-16-5-2-1-4-14(16)23(21(26)29)12-31-17-11-19-18(10-15(17)23)32-13-33-19/h1-2,4-5,10-11H,3,6-9,12-13H2,(H,27,28)(H2,24,25,30). The van der Waals surface area contributed by atoms with Crippen molar-refractivity contribution in [2.75, 3.05) is 37.9 Å². The number of benzene rings is 2. The lowest BCUT2D eigenvalue weighted by molar-refractivity contribution is -0.137. The van der Waals surface area contributed by atoms with Gasteiger partial charge in [-0.05, 0) is 24.1 Å². The molecular weight excluding hydrogens is 430 g/mol. The third-order valence-electron chi connectivity index (χ3n) is 6.12. The molecule has 1 atom stereocenters. The van der Waals surface area contributed by atoms with Crippen molar-refractivity contribution in [3.05, 3.63) is 47.5 Å². The fourth-order valence-electron chi connectivity index (χ4n) is 4.57. The molecule has 3 amide bonds. The predicted molar refractivity (Wildman–Crippen MR) is 116 cm³/mol. The van der Waals surface area contributed by atoms with Crippen LogP contribution >= 0.6 is 0 Å². The number of para-hydroxylation sites is 1. The summed E-state index contributed by atoms with van der Waals surface area (Å²) in [7, 11) is 0. The quantitative estimate of drug-likeness (QED) is 0.544. The largest absolute Gasteiger partial charge is 0.491 e. The third-order valence-corrected chi connectivity index (χ3v) is 6.12. The van der Waals surface area contributed by atoms with E-state index in [0.717, 1.165) is 16.8 Å². The smallest absolute Gasteiger partial charge is 0.314 e. The first-order valence-electron chi connectivity index (χ1n) is 10.7. The molecule has 0 aromatic heterocycles. The van der Waals surface area contributed by atoms with Crippen molar-refractivity contribution >= 4 is 23.6 Å². The molecule has 3 aliphatic rings. The predicted octanol–water partition coefficient (Wildman–Crippen LogP) is 1.60. The number of carbonyl (C=O) groups is 3. The van der Waals surface area contributed by atoms with Crippen LogP contribution in [0.25, 0.3) is 0 Å². The minimum absolute atomic E-state index is 0.00859. The first-order valence-corrected chi connectivity index (χ1v) is 10.7. The highest BCUT2D eigenvalue weighted by atomic mass is 16.7. The maximum absolute atomic E-state index is 13.8. The van der Waals surface area contributed by atoms with Crippen LogP contribution in [0.5, 0.6) is 17.2 Å². The second-order valence-corrected chi connectivity index (χ2v) is 8.05. The van der Waals surface area contributed by atoms with Crippen molar-refractivity contribution in [2.24, 2.45) is 0 Å². The summed E-state index contributed by atoms with van der Waals surface area (Å²) in [5.41, 5.74) is 1.40. The van der Waals surface area contributed by atoms with Crippen LogP contribution in [0.4, 0.5) is 10.5 Å². The highest BCUT2D eigenvalue weighted by molar-refractivity contribution is 6.11. The summed E-state index contributed by atoms with van der Waals surface area (Å²) in [6, 6.07) is 10.8. The van der Waals surface area contributed by atoms with Crippen LogP contribution in [0.3, 0.4) is 0 Å². The van der Waals surface area contributed by atoms with Crippen molar-refractivity contribution in [1.82, 2.24) is 10.6 Å². The maximum Gasteiger partial charge on any atom is 0.314 e. The molecule has 1 unspecified atom stereocenters. The van der Waals surface area contributed by atoms with Gasteiger partial charge in [0.25, 0.3) is 0 Å². The summed E-state index contributed by atoms with van der Waals surface area (Å²) >= 11 is 0. The van der Waals surface area contributed by atoms with Gasteiger partial charge in [-0.3, -0.25) is 9.59 Å². The van der Waals surface area contributed by atoms with Gasteiger partial charge in [-0.1, -0.05) is 18.2 Å². The van der Waals surface area contributed by atoms with Crippen LogP contribution in [-0.4, -0.2) is 56.0 Å². The molecular formula is C23H23N3O7. The number of carbonyl (C=O) groups excluding carboxylic acids is 2. The average molecular weight is 453 g/mol. The number of nitrogens with one attached hydrogen (secondary N) is 2. The normalized spacial score (nSPS) is 19.3. The van der Waals surface area contributed by atoms with E-state index in [2.05, 4.69) is 10.6 Å². The topological polar surface area (TPSA) is 126 Å². The van der Waals surface area contributed by atoms with E-state index in [1.54, 1.807) is 11.0 Å². The summed E-state index contributed by atoms with van der Waals surface area (Å²) in [5, 5.41) is 14.0. The summed E-state index contributed by atoms with van der Waals surface area (Å²) in [6.45, 7) is 1.08. The van der Waals surface area contributed by atoms with E-state index in [1.807, 2.05) is 30.3 Å². The minimum Gasteiger partial charge on any atom is -0.491 e. The van der Waals surface area contributed by atoms with Gasteiger partial charge in [-0.15, -0.1) is 0 Å². The van der Waals surface area contributed by atoms with Crippen LogP contribution in [0, 0.1) is 0 Å². The molecule has 2 aromatic carbocycles. The molecule has 3 heterocycles. The molecule has 10 heteroatoms. The molecule has 0 radical (unpaired) electrons. The Balaban J connectivity index is 1.32. The lowest BCUT2D eigenvalue weighted by Gasteiger charge is -2.23. The van der Waals surface area contributed by atoms with Crippen LogP contribution in [0.15, 0.2) is 36.4 Å². The summed E-state index contributed by atoms with van der Waals surface area (Å²) in [4.78, 5) is 38.0. The zero-order valence-electron chi connectivity index (χ0n) is 17.8. The molecule has 10 nitrogen and oxygen atoms in total. The van der Waals surface area contributed by atoms with Crippen molar-refractivity contribution in [1.29, 1.82) is 0 Å². The van der Waals surface area contributed by atoms with Crippen LogP contribution in [0.1, 0.15) is 24.0 Å². The van der Waals surface area contributed by atoms with E-state index >= 15 is 0 Å². The van der Waals surface area contributed by atoms with Gasteiger partial charge in [-0.25, -0.2) is 4.79 Å². The fourth-order valence-corrected chi connectivity index (χ4v) is 4.57. The van der Waals surface area contributed by atoms with Crippen molar-refractivity contribution < 1.29 is 33.7 Å². The van der Waals surface area contributed by atoms with Gasteiger partial charge in [0.05, 0.1) is 0 Å².